The Hall–Kier alpha value is -2.34. The molecule has 1 heterocycles. The number of hydrogen-bond acceptors (Lipinski definition) is 4. The van der Waals surface area contributed by atoms with Crippen LogP contribution in [0.5, 0.6) is 0 Å². The number of halogens is 13. The van der Waals surface area contributed by atoms with Gasteiger partial charge in [-0.25, -0.2) is 4.98 Å². The molecule has 0 aliphatic carbocycles. The minimum Gasteiger partial charge on any atom is -0.344 e. The predicted molar refractivity (Wildman–Crippen MR) is 84.3 cm³/mol. The van der Waals surface area contributed by atoms with Crippen LogP contribution >= 0.6 is 11.3 Å². The van der Waals surface area contributed by atoms with Crippen LogP contribution in [0.15, 0.2) is 0 Å². The van der Waals surface area contributed by atoms with Crippen LogP contribution in [-0.2, 0) is 4.79 Å². The highest BCUT2D eigenvalue weighted by Gasteiger charge is 2.91. The summed E-state index contributed by atoms with van der Waals surface area (Å²) in [7, 11) is 2.40. The average molecular weight is 531 g/mol. The van der Waals surface area contributed by atoms with Crippen LogP contribution in [0.2, 0.25) is 0 Å². The van der Waals surface area contributed by atoms with Gasteiger partial charge in [0.25, 0.3) is 5.91 Å². The Bertz CT molecular complexity index is 924. The van der Waals surface area contributed by atoms with Crippen molar-refractivity contribution in [2.45, 2.75) is 42.7 Å². The van der Waals surface area contributed by atoms with Gasteiger partial charge in [0.15, 0.2) is 5.13 Å². The lowest BCUT2D eigenvalue weighted by molar-refractivity contribution is -0.435. The highest BCUT2D eigenvalue weighted by molar-refractivity contribution is 7.17. The number of aromatic nitrogens is 1. The normalized spacial score (nSPS) is 14.3. The van der Waals surface area contributed by atoms with E-state index < -0.39 is 52.7 Å². The number of aryl methyl sites for hydroxylation is 1. The number of rotatable bonds is 7. The van der Waals surface area contributed by atoms with Crippen LogP contribution in [0.4, 0.5) is 62.2 Å². The molecule has 0 spiro atoms. The maximum atomic E-state index is 13.8. The van der Waals surface area contributed by atoms with Gasteiger partial charge in [-0.05, 0) is 6.92 Å². The molecule has 0 atom stereocenters. The van der Waals surface area contributed by atoms with Crippen LogP contribution in [0.3, 0.4) is 0 Å². The first kappa shape index (κ1) is 28.7. The highest BCUT2D eigenvalue weighted by Crippen LogP contribution is 2.60. The summed E-state index contributed by atoms with van der Waals surface area (Å²) in [5.74, 6) is -43.2. The molecule has 0 aliphatic heterocycles. The monoisotopic (exact) mass is 531 g/mol. The van der Waals surface area contributed by atoms with Gasteiger partial charge in [0.05, 0.1) is 5.69 Å². The van der Waals surface area contributed by atoms with Gasteiger partial charge in [0.1, 0.15) is 4.88 Å². The maximum absolute atomic E-state index is 13.8. The van der Waals surface area contributed by atoms with Crippen molar-refractivity contribution in [1.82, 2.24) is 9.88 Å². The second-order valence-corrected chi connectivity index (χ2v) is 7.46. The zero-order chi connectivity index (χ0) is 26.6. The summed E-state index contributed by atoms with van der Waals surface area (Å²) < 4.78 is 170. The van der Waals surface area contributed by atoms with Crippen molar-refractivity contribution in [3.63, 3.8) is 0 Å². The summed E-state index contributed by atoms with van der Waals surface area (Å²) in [6.45, 7) is 1.06. The van der Waals surface area contributed by atoms with Crippen LogP contribution in [0.1, 0.15) is 15.4 Å². The van der Waals surface area contributed by atoms with Crippen LogP contribution < -0.4 is 5.32 Å². The summed E-state index contributed by atoms with van der Waals surface area (Å²) in [6, 6.07) is 0. The number of nitrogens with zero attached hydrogens (tertiary/aromatic N) is 2. The van der Waals surface area contributed by atoms with Crippen molar-refractivity contribution < 1.29 is 66.7 Å². The van der Waals surface area contributed by atoms with Gasteiger partial charge in [0.2, 0.25) is 0 Å². The van der Waals surface area contributed by atoms with Gasteiger partial charge < -0.3 is 4.90 Å². The summed E-state index contributed by atoms with van der Waals surface area (Å²) in [5.41, 5.74) is -0.286. The van der Waals surface area contributed by atoms with Gasteiger partial charge in [0, 0.05) is 14.1 Å². The van der Waals surface area contributed by atoms with E-state index in [-0.39, 0.29) is 21.9 Å². The van der Waals surface area contributed by atoms with Crippen molar-refractivity contribution in [2.24, 2.45) is 0 Å². The summed E-state index contributed by atoms with van der Waals surface area (Å²) >= 11 is 0.0548. The zero-order valence-corrected chi connectivity index (χ0v) is 16.8. The Labute approximate surface area is 178 Å². The number of carbonyl (C=O) groups is 2. The molecule has 1 aromatic rings. The van der Waals surface area contributed by atoms with Gasteiger partial charge in [-0.15, -0.1) is 0 Å². The van der Waals surface area contributed by atoms with E-state index in [2.05, 4.69) is 4.98 Å². The molecule has 1 rings (SSSR count). The Morgan fingerprint density at radius 3 is 1.61 bits per heavy atom. The van der Waals surface area contributed by atoms with Gasteiger partial charge >= 0.3 is 41.7 Å². The van der Waals surface area contributed by atoms with Crippen LogP contribution in [0, 0.1) is 6.92 Å². The lowest BCUT2D eigenvalue weighted by atomic mass is 9.93. The zero-order valence-electron chi connectivity index (χ0n) is 16.0. The standard InChI is InChI=1S/C14H10F13N3O2S/c1-4-5(6(31)30(2)3)33-8(28-4)29-7(32)9(15,16)10(17,18)11(19,20)12(21,22)13(23,24)14(25,26)27/h1-3H3,(H,28,29,32). The number of anilines is 1. The van der Waals surface area contributed by atoms with Crippen molar-refractivity contribution in [1.29, 1.82) is 0 Å². The third-order valence-electron chi connectivity index (χ3n) is 3.84. The number of amides is 2. The average Bonchev–Trinajstić information content (AvgIpc) is 2.99. The molecule has 190 valence electrons. The quantitative estimate of drug-likeness (QED) is 0.513. The molecular weight excluding hydrogens is 521 g/mol. The largest absolute Gasteiger partial charge is 0.460 e. The molecule has 1 N–H and O–H groups in total. The second kappa shape index (κ2) is 8.15. The van der Waals surface area contributed by atoms with Crippen molar-refractivity contribution in [3.8, 4) is 0 Å². The highest BCUT2D eigenvalue weighted by atomic mass is 32.1. The number of nitrogens with one attached hydrogen (secondary N) is 1. The Balaban J connectivity index is 3.39. The molecule has 0 radical (unpaired) electrons. The molecule has 0 bridgehead atoms. The van der Waals surface area contributed by atoms with E-state index >= 15 is 0 Å². The third kappa shape index (κ3) is 4.30. The number of thiazole rings is 1. The van der Waals surface area contributed by atoms with E-state index in [1.807, 2.05) is 0 Å². The van der Waals surface area contributed by atoms with Crippen molar-refractivity contribution in [2.75, 3.05) is 19.4 Å². The first-order valence-corrected chi connectivity index (χ1v) is 8.66. The molecule has 1 aromatic heterocycles. The number of alkyl halides is 13. The van der Waals surface area contributed by atoms with E-state index in [4.69, 9.17) is 0 Å². The minimum atomic E-state index is -8.12. The molecule has 0 aliphatic rings. The van der Waals surface area contributed by atoms with Crippen LogP contribution in [0.25, 0.3) is 0 Å². The third-order valence-corrected chi connectivity index (χ3v) is 4.90. The Morgan fingerprint density at radius 1 is 0.788 bits per heavy atom. The molecule has 0 saturated heterocycles. The molecule has 0 aromatic carbocycles. The van der Waals surface area contributed by atoms with E-state index in [1.165, 1.54) is 14.1 Å². The Kier molecular flexibility index (Phi) is 7.09. The van der Waals surface area contributed by atoms with E-state index in [0.29, 0.717) is 0 Å². The number of carbonyl (C=O) groups excluding carboxylic acids is 2. The summed E-state index contributed by atoms with van der Waals surface area (Å²) in [4.78, 5) is 27.1. The van der Waals surface area contributed by atoms with E-state index in [9.17, 15) is 66.7 Å². The molecule has 0 unspecified atom stereocenters. The first-order chi connectivity index (χ1) is 14.4. The van der Waals surface area contributed by atoms with Crippen molar-refractivity contribution >= 4 is 28.3 Å². The molecule has 33 heavy (non-hydrogen) atoms. The molecule has 0 saturated carbocycles. The van der Waals surface area contributed by atoms with Crippen molar-refractivity contribution in [3.05, 3.63) is 10.6 Å². The SMILES string of the molecule is Cc1nc(NC(=O)C(F)(F)C(F)(F)C(F)(F)C(F)(F)C(F)(F)C(F)(F)F)sc1C(=O)N(C)C. The van der Waals surface area contributed by atoms with Crippen LogP contribution in [-0.4, -0.2) is 71.6 Å². The van der Waals surface area contributed by atoms with E-state index in [0.717, 1.165) is 17.1 Å². The topological polar surface area (TPSA) is 62.3 Å². The molecule has 0 fully saturated rings. The van der Waals surface area contributed by atoms with Gasteiger partial charge in [-0.1, -0.05) is 11.3 Å². The lowest BCUT2D eigenvalue weighted by Crippen LogP contribution is -2.71. The molecule has 2 amide bonds. The maximum Gasteiger partial charge on any atom is 0.460 e. The fourth-order valence-corrected chi connectivity index (χ4v) is 2.92. The van der Waals surface area contributed by atoms with E-state index in [1.54, 1.807) is 0 Å². The predicted octanol–water partition coefficient (Wildman–Crippen LogP) is 4.83. The molecule has 19 heteroatoms. The van der Waals surface area contributed by atoms with Gasteiger partial charge in [-0.3, -0.25) is 14.9 Å². The first-order valence-electron chi connectivity index (χ1n) is 7.84. The summed E-state index contributed by atoms with van der Waals surface area (Å²) in [5, 5.41) is -0.287. The number of hydrogen-bond donors (Lipinski definition) is 1. The Morgan fingerprint density at radius 2 is 1.21 bits per heavy atom. The summed E-state index contributed by atoms with van der Waals surface area (Å²) in [6.07, 6.45) is -7.55. The second-order valence-electron chi connectivity index (χ2n) is 6.46. The molecular formula is C14H10F13N3O2S. The van der Waals surface area contributed by atoms with Gasteiger partial charge in [-0.2, -0.15) is 57.1 Å². The smallest absolute Gasteiger partial charge is 0.344 e. The minimum absolute atomic E-state index is 0.0548. The fraction of sp³-hybridized carbons (Fsp3) is 0.643. The lowest BCUT2D eigenvalue weighted by Gasteiger charge is -2.39. The molecule has 5 nitrogen and oxygen atoms in total. The fourth-order valence-electron chi connectivity index (χ4n) is 1.94.